The molecule has 0 amide bonds. The number of nitrogens with zero attached hydrogens (tertiary/aromatic N) is 2. The van der Waals surface area contributed by atoms with Gasteiger partial charge in [-0.3, -0.25) is 4.79 Å². The van der Waals surface area contributed by atoms with Crippen molar-refractivity contribution in [3.05, 3.63) is 126 Å². The molecule has 0 aliphatic heterocycles. The molecule has 34 heavy (non-hydrogen) atoms. The van der Waals surface area contributed by atoms with Crippen LogP contribution in [0.5, 0.6) is 5.75 Å². The van der Waals surface area contributed by atoms with E-state index in [0.29, 0.717) is 12.2 Å². The van der Waals surface area contributed by atoms with Crippen LogP contribution in [0.1, 0.15) is 27.2 Å². The van der Waals surface area contributed by atoms with Crippen LogP contribution in [0.4, 0.5) is 11.5 Å². The summed E-state index contributed by atoms with van der Waals surface area (Å²) in [5, 5.41) is 8.02. The number of hydrogen-bond acceptors (Lipinski definition) is 4. The van der Waals surface area contributed by atoms with Gasteiger partial charge in [0.05, 0.1) is 12.8 Å². The SMILES string of the molecule is C=CC(=O)n1nc(Nc2ccccc2)c2c1CC(c1ccccc1)(c1ccc(OC)cc1)C=C2. The number of nitrogens with one attached hydrogen (secondary N) is 1. The number of carbonyl (C=O) groups is 1. The Hall–Kier alpha value is -4.38. The summed E-state index contributed by atoms with van der Waals surface area (Å²) in [6, 6.07) is 28.3. The second-order valence-electron chi connectivity index (χ2n) is 8.23. The summed E-state index contributed by atoms with van der Waals surface area (Å²) in [7, 11) is 1.66. The van der Waals surface area contributed by atoms with Gasteiger partial charge in [0.1, 0.15) is 5.75 Å². The van der Waals surface area contributed by atoms with E-state index in [2.05, 4.69) is 53.4 Å². The first kappa shape index (κ1) is 21.5. The van der Waals surface area contributed by atoms with Gasteiger partial charge in [0.25, 0.3) is 5.91 Å². The number of rotatable bonds is 6. The number of aromatic nitrogens is 2. The van der Waals surface area contributed by atoms with E-state index in [-0.39, 0.29) is 5.91 Å². The Labute approximate surface area is 199 Å². The molecule has 1 aromatic heterocycles. The lowest BCUT2D eigenvalue weighted by atomic mass is 9.68. The zero-order chi connectivity index (χ0) is 23.5. The van der Waals surface area contributed by atoms with E-state index < -0.39 is 5.41 Å². The fourth-order valence-electron chi connectivity index (χ4n) is 4.57. The van der Waals surface area contributed by atoms with Gasteiger partial charge in [0.2, 0.25) is 0 Å². The van der Waals surface area contributed by atoms with Crippen molar-refractivity contribution in [2.75, 3.05) is 12.4 Å². The monoisotopic (exact) mass is 447 g/mol. The van der Waals surface area contributed by atoms with Crippen molar-refractivity contribution in [2.45, 2.75) is 11.8 Å². The number of para-hydroxylation sites is 1. The van der Waals surface area contributed by atoms with E-state index in [4.69, 9.17) is 4.74 Å². The second-order valence-corrected chi connectivity index (χ2v) is 8.23. The summed E-state index contributed by atoms with van der Waals surface area (Å²) in [5.41, 5.74) is 4.43. The summed E-state index contributed by atoms with van der Waals surface area (Å²) in [4.78, 5) is 12.8. The van der Waals surface area contributed by atoms with Crippen molar-refractivity contribution in [2.24, 2.45) is 0 Å². The predicted molar refractivity (Wildman–Crippen MR) is 136 cm³/mol. The van der Waals surface area contributed by atoms with Gasteiger partial charge in [-0.25, -0.2) is 0 Å². The molecular weight excluding hydrogens is 422 g/mol. The molecule has 1 aliphatic rings. The zero-order valence-electron chi connectivity index (χ0n) is 18.9. The molecule has 168 valence electrons. The maximum atomic E-state index is 12.8. The van der Waals surface area contributed by atoms with Crippen molar-refractivity contribution in [3.63, 3.8) is 0 Å². The average molecular weight is 448 g/mol. The molecule has 3 aromatic carbocycles. The van der Waals surface area contributed by atoms with Gasteiger partial charge in [0.15, 0.2) is 5.82 Å². The van der Waals surface area contributed by atoms with Crippen molar-refractivity contribution in [1.29, 1.82) is 0 Å². The molecular formula is C29H25N3O2. The molecule has 1 aliphatic carbocycles. The molecule has 5 heteroatoms. The summed E-state index contributed by atoms with van der Waals surface area (Å²) >= 11 is 0. The highest BCUT2D eigenvalue weighted by Crippen LogP contribution is 2.43. The van der Waals surface area contributed by atoms with Gasteiger partial charge in [-0.1, -0.05) is 79.4 Å². The van der Waals surface area contributed by atoms with E-state index in [9.17, 15) is 4.79 Å². The second kappa shape index (κ2) is 8.87. The maximum absolute atomic E-state index is 12.8. The van der Waals surface area contributed by atoms with E-state index in [1.807, 2.05) is 60.7 Å². The number of methoxy groups -OCH3 is 1. The summed E-state index contributed by atoms with van der Waals surface area (Å²) in [6.07, 6.45) is 6.15. The molecule has 0 bridgehead atoms. The van der Waals surface area contributed by atoms with Crippen LogP contribution in [0.25, 0.3) is 6.08 Å². The van der Waals surface area contributed by atoms with E-state index >= 15 is 0 Å². The third-order valence-corrected chi connectivity index (χ3v) is 6.32. The lowest BCUT2D eigenvalue weighted by Crippen LogP contribution is -2.32. The zero-order valence-corrected chi connectivity index (χ0v) is 18.9. The van der Waals surface area contributed by atoms with Crippen LogP contribution in [-0.4, -0.2) is 22.8 Å². The topological polar surface area (TPSA) is 56.2 Å². The fraction of sp³-hybridized carbons (Fsp3) is 0.103. The normalized spacial score (nSPS) is 16.5. The molecule has 0 radical (unpaired) electrons. The number of hydrogen-bond donors (Lipinski definition) is 1. The van der Waals surface area contributed by atoms with Crippen LogP contribution in [-0.2, 0) is 11.8 Å². The Morgan fingerprint density at radius 3 is 2.29 bits per heavy atom. The number of benzene rings is 3. The van der Waals surface area contributed by atoms with Gasteiger partial charge in [-0.15, -0.1) is 5.10 Å². The Kier molecular flexibility index (Phi) is 5.60. The minimum absolute atomic E-state index is 0.260. The number of fused-ring (bicyclic) bond motifs is 1. The van der Waals surface area contributed by atoms with Crippen molar-refractivity contribution >= 4 is 23.5 Å². The third kappa shape index (κ3) is 3.71. The van der Waals surface area contributed by atoms with Crippen molar-refractivity contribution in [1.82, 2.24) is 9.78 Å². The maximum Gasteiger partial charge on any atom is 0.270 e. The molecule has 0 fully saturated rings. The van der Waals surface area contributed by atoms with Gasteiger partial charge in [-0.2, -0.15) is 4.68 Å². The first-order valence-corrected chi connectivity index (χ1v) is 11.1. The molecule has 5 rings (SSSR count). The van der Waals surface area contributed by atoms with E-state index in [0.717, 1.165) is 33.8 Å². The minimum atomic E-state index is -0.468. The molecule has 0 saturated carbocycles. The van der Waals surface area contributed by atoms with Crippen LogP contribution in [0.2, 0.25) is 0 Å². The summed E-state index contributed by atoms with van der Waals surface area (Å²) < 4.78 is 6.85. The first-order valence-electron chi connectivity index (χ1n) is 11.1. The standard InChI is InChI=1S/C29H25N3O2/c1-3-27(33)32-26-20-29(21-10-6-4-7-11-21,22-14-16-24(34-2)17-15-22)19-18-25(26)28(31-32)30-23-12-8-5-9-13-23/h3-19H,1,20H2,2H3,(H,30,31). The molecule has 1 unspecified atom stereocenters. The lowest BCUT2D eigenvalue weighted by Gasteiger charge is -2.35. The number of allylic oxidation sites excluding steroid dienone is 2. The molecule has 5 nitrogen and oxygen atoms in total. The third-order valence-electron chi connectivity index (χ3n) is 6.32. The molecule has 1 N–H and O–H groups in total. The van der Waals surface area contributed by atoms with E-state index in [1.165, 1.54) is 10.8 Å². The van der Waals surface area contributed by atoms with Crippen LogP contribution >= 0.6 is 0 Å². The molecule has 4 aromatic rings. The number of ether oxygens (including phenoxy) is 1. The quantitative estimate of drug-likeness (QED) is 0.367. The molecule has 0 spiro atoms. The van der Waals surface area contributed by atoms with Crippen LogP contribution < -0.4 is 10.1 Å². The fourth-order valence-corrected chi connectivity index (χ4v) is 4.57. The Morgan fingerprint density at radius 1 is 1.00 bits per heavy atom. The summed E-state index contributed by atoms with van der Waals surface area (Å²) in [6.45, 7) is 3.69. The number of carbonyl (C=O) groups excluding carboxylic acids is 1. The molecule has 1 atom stereocenters. The van der Waals surface area contributed by atoms with Gasteiger partial charge in [-0.05, 0) is 41.5 Å². The smallest absolute Gasteiger partial charge is 0.270 e. The highest BCUT2D eigenvalue weighted by atomic mass is 16.5. The molecule has 0 saturated heterocycles. The average Bonchev–Trinajstić information content (AvgIpc) is 3.26. The molecule has 1 heterocycles. The Bertz CT molecular complexity index is 1360. The van der Waals surface area contributed by atoms with Crippen molar-refractivity contribution in [3.8, 4) is 5.75 Å². The van der Waals surface area contributed by atoms with Gasteiger partial charge < -0.3 is 10.1 Å². The van der Waals surface area contributed by atoms with Gasteiger partial charge >= 0.3 is 0 Å². The van der Waals surface area contributed by atoms with E-state index in [1.54, 1.807) is 7.11 Å². The summed E-state index contributed by atoms with van der Waals surface area (Å²) in [5.74, 6) is 1.18. The predicted octanol–water partition coefficient (Wildman–Crippen LogP) is 6.02. The highest BCUT2D eigenvalue weighted by Gasteiger charge is 2.38. The lowest BCUT2D eigenvalue weighted by molar-refractivity contribution is 0.0950. The first-order chi connectivity index (χ1) is 16.6. The Balaban J connectivity index is 1.67. The number of anilines is 2. The van der Waals surface area contributed by atoms with Crippen LogP contribution in [0.15, 0.2) is 104 Å². The van der Waals surface area contributed by atoms with Gasteiger partial charge in [0, 0.05) is 23.1 Å². The van der Waals surface area contributed by atoms with Crippen molar-refractivity contribution < 1.29 is 9.53 Å². The van der Waals surface area contributed by atoms with Crippen LogP contribution in [0, 0.1) is 0 Å². The Morgan fingerprint density at radius 2 is 1.65 bits per heavy atom. The van der Waals surface area contributed by atoms with Crippen LogP contribution in [0.3, 0.4) is 0 Å². The highest BCUT2D eigenvalue weighted by molar-refractivity contribution is 5.91. The minimum Gasteiger partial charge on any atom is -0.497 e. The largest absolute Gasteiger partial charge is 0.497 e.